The van der Waals surface area contributed by atoms with E-state index in [1.165, 1.54) is 17.9 Å². The van der Waals surface area contributed by atoms with E-state index in [-0.39, 0.29) is 35.5 Å². The van der Waals surface area contributed by atoms with Crippen molar-refractivity contribution in [2.24, 2.45) is 0 Å². The van der Waals surface area contributed by atoms with Crippen molar-refractivity contribution in [3.8, 4) is 17.1 Å². The van der Waals surface area contributed by atoms with Gasteiger partial charge in [-0.1, -0.05) is 30.3 Å². The summed E-state index contributed by atoms with van der Waals surface area (Å²) >= 11 is 0. The summed E-state index contributed by atoms with van der Waals surface area (Å²) < 4.78 is 49.0. The molecule has 1 saturated carbocycles. The standard InChI is InChI=1S/C20H21FN4O4S/c1-29-17-10-7-15(21)13-18(17)30(27,28)22-11-12-24-20(26)25(16-8-9-16)19(23-24)14-5-3-2-4-6-14/h2-7,10,13,16,22H,8-9,11-12H2,1H3. The van der Waals surface area contributed by atoms with Gasteiger partial charge in [-0.05, 0) is 31.0 Å². The Bertz CT molecular complexity index is 1220. The molecule has 0 spiro atoms. The zero-order valence-electron chi connectivity index (χ0n) is 16.3. The van der Waals surface area contributed by atoms with Crippen LogP contribution in [0.2, 0.25) is 0 Å². The van der Waals surface area contributed by atoms with Crippen LogP contribution in [-0.4, -0.2) is 36.4 Å². The van der Waals surface area contributed by atoms with Gasteiger partial charge in [0.1, 0.15) is 16.5 Å². The second-order valence-electron chi connectivity index (χ2n) is 6.99. The SMILES string of the molecule is COc1ccc(F)cc1S(=O)(=O)NCCn1nc(-c2ccccc2)n(C2CC2)c1=O. The van der Waals surface area contributed by atoms with Gasteiger partial charge in [0.15, 0.2) is 5.82 Å². The first-order chi connectivity index (χ1) is 14.4. The Kier molecular flexibility index (Phi) is 5.44. The molecule has 3 aromatic rings. The number of hydrogen-bond donors (Lipinski definition) is 1. The molecule has 1 fully saturated rings. The molecule has 1 aromatic heterocycles. The van der Waals surface area contributed by atoms with Gasteiger partial charge in [0.25, 0.3) is 0 Å². The van der Waals surface area contributed by atoms with E-state index in [0.29, 0.717) is 5.82 Å². The van der Waals surface area contributed by atoms with E-state index in [2.05, 4.69) is 9.82 Å². The van der Waals surface area contributed by atoms with Crippen molar-refractivity contribution >= 4 is 10.0 Å². The largest absolute Gasteiger partial charge is 0.495 e. The number of sulfonamides is 1. The highest BCUT2D eigenvalue weighted by Gasteiger charge is 2.30. The molecule has 0 amide bonds. The minimum atomic E-state index is -4.03. The number of aromatic nitrogens is 3. The van der Waals surface area contributed by atoms with Crippen LogP contribution in [0.5, 0.6) is 5.75 Å². The van der Waals surface area contributed by atoms with E-state index < -0.39 is 15.8 Å². The third-order valence-corrected chi connectivity index (χ3v) is 6.33. The summed E-state index contributed by atoms with van der Waals surface area (Å²) in [6.07, 6.45) is 1.83. The summed E-state index contributed by atoms with van der Waals surface area (Å²) in [5.74, 6) is -0.0914. The predicted octanol–water partition coefficient (Wildman–Crippen LogP) is 2.17. The van der Waals surface area contributed by atoms with Gasteiger partial charge in [0.05, 0.1) is 13.7 Å². The van der Waals surface area contributed by atoms with Gasteiger partial charge in [0, 0.05) is 18.2 Å². The highest BCUT2D eigenvalue weighted by atomic mass is 32.2. The van der Waals surface area contributed by atoms with Crippen molar-refractivity contribution in [2.45, 2.75) is 30.3 Å². The van der Waals surface area contributed by atoms with Crippen LogP contribution < -0.4 is 15.1 Å². The summed E-state index contributed by atoms with van der Waals surface area (Å²) in [7, 11) is -2.73. The fourth-order valence-electron chi connectivity index (χ4n) is 3.24. The maximum absolute atomic E-state index is 13.5. The molecule has 0 unspecified atom stereocenters. The topological polar surface area (TPSA) is 95.2 Å². The number of ether oxygens (including phenoxy) is 1. The molecule has 10 heteroatoms. The van der Waals surface area contributed by atoms with E-state index in [0.717, 1.165) is 30.5 Å². The zero-order chi connectivity index (χ0) is 21.3. The molecule has 1 aliphatic carbocycles. The Balaban J connectivity index is 1.55. The summed E-state index contributed by atoms with van der Waals surface area (Å²) in [6.45, 7) is -0.0485. The first kappa shape index (κ1) is 20.3. The highest BCUT2D eigenvalue weighted by molar-refractivity contribution is 7.89. The van der Waals surface area contributed by atoms with Crippen molar-refractivity contribution in [1.29, 1.82) is 0 Å². The number of halogens is 1. The number of benzene rings is 2. The molecule has 0 bridgehead atoms. The summed E-state index contributed by atoms with van der Waals surface area (Å²) in [5, 5.41) is 4.43. The molecule has 4 rings (SSSR count). The highest BCUT2D eigenvalue weighted by Crippen LogP contribution is 2.36. The van der Waals surface area contributed by atoms with E-state index in [1.54, 1.807) is 4.57 Å². The second-order valence-corrected chi connectivity index (χ2v) is 8.72. The lowest BCUT2D eigenvalue weighted by molar-refractivity contribution is 0.400. The molecular weight excluding hydrogens is 411 g/mol. The smallest absolute Gasteiger partial charge is 0.346 e. The minimum Gasteiger partial charge on any atom is -0.495 e. The van der Waals surface area contributed by atoms with E-state index >= 15 is 0 Å². The Labute approximate surface area is 173 Å². The Morgan fingerprint density at radius 2 is 1.93 bits per heavy atom. The molecule has 8 nitrogen and oxygen atoms in total. The molecular formula is C20H21FN4O4S. The number of hydrogen-bond acceptors (Lipinski definition) is 5. The average Bonchev–Trinajstić information content (AvgIpc) is 3.52. The van der Waals surface area contributed by atoms with Crippen molar-refractivity contribution in [2.75, 3.05) is 13.7 Å². The predicted molar refractivity (Wildman–Crippen MR) is 108 cm³/mol. The maximum atomic E-state index is 13.5. The summed E-state index contributed by atoms with van der Waals surface area (Å²) in [6, 6.07) is 12.8. The summed E-state index contributed by atoms with van der Waals surface area (Å²) in [4.78, 5) is 12.5. The molecule has 0 saturated heterocycles. The Morgan fingerprint density at radius 3 is 2.60 bits per heavy atom. The van der Waals surface area contributed by atoms with Gasteiger partial charge >= 0.3 is 5.69 Å². The molecule has 2 aromatic carbocycles. The lowest BCUT2D eigenvalue weighted by Crippen LogP contribution is -2.32. The minimum absolute atomic E-state index is 0.0328. The molecule has 1 N–H and O–H groups in total. The molecule has 0 atom stereocenters. The lowest BCUT2D eigenvalue weighted by Gasteiger charge is -2.10. The van der Waals surface area contributed by atoms with Crippen LogP contribution in [0.4, 0.5) is 4.39 Å². The summed E-state index contributed by atoms with van der Waals surface area (Å²) in [5.41, 5.74) is 0.546. The molecule has 0 aliphatic heterocycles. The molecule has 0 radical (unpaired) electrons. The monoisotopic (exact) mass is 432 g/mol. The van der Waals surface area contributed by atoms with Crippen molar-refractivity contribution < 1.29 is 17.5 Å². The van der Waals surface area contributed by atoms with Crippen molar-refractivity contribution in [3.63, 3.8) is 0 Å². The van der Waals surface area contributed by atoms with Gasteiger partial charge in [-0.15, -0.1) is 5.10 Å². The Hall–Kier alpha value is -2.98. The lowest BCUT2D eigenvalue weighted by atomic mass is 10.2. The zero-order valence-corrected chi connectivity index (χ0v) is 17.1. The Morgan fingerprint density at radius 1 is 1.20 bits per heavy atom. The van der Waals surface area contributed by atoms with Gasteiger partial charge in [-0.3, -0.25) is 4.57 Å². The fraction of sp³-hybridized carbons (Fsp3) is 0.300. The van der Waals surface area contributed by atoms with Crippen molar-refractivity contribution in [3.05, 3.63) is 64.8 Å². The van der Waals surface area contributed by atoms with Crippen LogP contribution in [-0.2, 0) is 16.6 Å². The normalized spacial score (nSPS) is 14.1. The van der Waals surface area contributed by atoms with Gasteiger partial charge in [-0.2, -0.15) is 0 Å². The average molecular weight is 432 g/mol. The van der Waals surface area contributed by atoms with E-state index in [9.17, 15) is 17.6 Å². The van der Waals surface area contributed by atoms with Crippen molar-refractivity contribution in [1.82, 2.24) is 19.1 Å². The molecule has 158 valence electrons. The van der Waals surface area contributed by atoms with Gasteiger partial charge in [-0.25, -0.2) is 27.0 Å². The number of nitrogens with one attached hydrogen (secondary N) is 1. The first-order valence-corrected chi connectivity index (χ1v) is 11.0. The van der Waals surface area contributed by atoms with Gasteiger partial charge in [0.2, 0.25) is 10.0 Å². The van der Waals surface area contributed by atoms with Crippen LogP contribution in [0.15, 0.2) is 58.2 Å². The van der Waals surface area contributed by atoms with E-state index in [1.807, 2.05) is 30.3 Å². The first-order valence-electron chi connectivity index (χ1n) is 9.48. The molecule has 1 aliphatic rings. The third kappa shape index (κ3) is 4.01. The number of rotatable bonds is 8. The fourth-order valence-corrected chi connectivity index (χ4v) is 4.44. The number of nitrogens with zero attached hydrogens (tertiary/aromatic N) is 3. The van der Waals surface area contributed by atoms with Gasteiger partial charge < -0.3 is 4.74 Å². The van der Waals surface area contributed by atoms with Crippen LogP contribution in [0.25, 0.3) is 11.4 Å². The van der Waals surface area contributed by atoms with E-state index in [4.69, 9.17) is 4.74 Å². The second kappa shape index (κ2) is 8.04. The quantitative estimate of drug-likeness (QED) is 0.589. The maximum Gasteiger partial charge on any atom is 0.346 e. The van der Waals surface area contributed by atoms with Crippen LogP contribution >= 0.6 is 0 Å². The van der Waals surface area contributed by atoms with Crippen LogP contribution in [0, 0.1) is 5.82 Å². The molecule has 1 heterocycles. The molecule has 30 heavy (non-hydrogen) atoms. The van der Waals surface area contributed by atoms with Crippen LogP contribution in [0.3, 0.4) is 0 Å². The number of methoxy groups -OCH3 is 1. The van der Waals surface area contributed by atoms with Crippen LogP contribution in [0.1, 0.15) is 18.9 Å². The third-order valence-electron chi connectivity index (χ3n) is 4.85.